The standard InChI is InChI=1S/C27H20ClN3O9/c1-38-22-13-16(12-21(28)23(22)40-14-15-3-7-19(8-4-15)31(36)37)11-20-24(32)29-27(35)30(25(20)33)18-9-5-17(6-10-18)26(34)39-2/h3-13H,14H2,1-2H3,(H,29,32,35)/b20-11+. The first-order chi connectivity index (χ1) is 19.1. The van der Waals surface area contributed by atoms with Crippen molar-refractivity contribution in [2.24, 2.45) is 0 Å². The van der Waals surface area contributed by atoms with Crippen LogP contribution in [0.3, 0.4) is 0 Å². The summed E-state index contributed by atoms with van der Waals surface area (Å²) in [4.78, 5) is 61.1. The molecule has 1 fully saturated rings. The van der Waals surface area contributed by atoms with Crippen molar-refractivity contribution in [3.8, 4) is 11.5 Å². The molecule has 13 heteroatoms. The van der Waals surface area contributed by atoms with Crippen LogP contribution < -0.4 is 19.7 Å². The first-order valence-electron chi connectivity index (χ1n) is 11.5. The Morgan fingerprint density at radius 1 is 1.05 bits per heavy atom. The first kappa shape index (κ1) is 27.8. The number of anilines is 1. The van der Waals surface area contributed by atoms with Crippen LogP contribution in [0.1, 0.15) is 21.5 Å². The van der Waals surface area contributed by atoms with E-state index in [0.29, 0.717) is 11.1 Å². The summed E-state index contributed by atoms with van der Waals surface area (Å²) < 4.78 is 15.8. The molecule has 0 radical (unpaired) electrons. The number of barbiturate groups is 1. The van der Waals surface area contributed by atoms with Gasteiger partial charge in [0, 0.05) is 12.1 Å². The Hall–Kier alpha value is -5.23. The zero-order valence-electron chi connectivity index (χ0n) is 21.0. The Morgan fingerprint density at radius 3 is 2.33 bits per heavy atom. The van der Waals surface area contributed by atoms with Gasteiger partial charge in [0.15, 0.2) is 11.5 Å². The summed E-state index contributed by atoms with van der Waals surface area (Å²) in [7, 11) is 2.59. The van der Waals surface area contributed by atoms with E-state index in [0.717, 1.165) is 4.90 Å². The van der Waals surface area contributed by atoms with Crippen LogP contribution in [0.4, 0.5) is 16.2 Å². The number of nitrogens with zero attached hydrogens (tertiary/aromatic N) is 2. The molecule has 0 saturated carbocycles. The molecule has 40 heavy (non-hydrogen) atoms. The van der Waals surface area contributed by atoms with Gasteiger partial charge in [0.05, 0.1) is 35.4 Å². The number of halogens is 1. The fourth-order valence-electron chi connectivity index (χ4n) is 3.76. The molecule has 1 N–H and O–H groups in total. The number of ether oxygens (including phenoxy) is 3. The number of nitro groups is 1. The summed E-state index contributed by atoms with van der Waals surface area (Å²) in [5.74, 6) is -2.04. The average Bonchev–Trinajstić information content (AvgIpc) is 2.94. The molecule has 0 aliphatic carbocycles. The van der Waals surface area contributed by atoms with Crippen LogP contribution >= 0.6 is 11.6 Å². The summed E-state index contributed by atoms with van der Waals surface area (Å²) in [5.41, 5.74) is 0.868. The van der Waals surface area contributed by atoms with Gasteiger partial charge in [-0.25, -0.2) is 14.5 Å². The molecule has 1 saturated heterocycles. The molecule has 0 aromatic heterocycles. The van der Waals surface area contributed by atoms with Crippen LogP contribution in [0.5, 0.6) is 11.5 Å². The maximum atomic E-state index is 13.2. The number of urea groups is 1. The van der Waals surface area contributed by atoms with Crippen molar-refractivity contribution >= 4 is 52.9 Å². The number of esters is 1. The van der Waals surface area contributed by atoms with Gasteiger partial charge in [-0.2, -0.15) is 0 Å². The van der Waals surface area contributed by atoms with E-state index in [1.54, 1.807) is 12.1 Å². The summed E-state index contributed by atoms with van der Waals surface area (Å²) >= 11 is 6.43. The Bertz CT molecular complexity index is 1550. The molecule has 4 rings (SSSR count). The highest BCUT2D eigenvalue weighted by Crippen LogP contribution is 2.38. The van der Waals surface area contributed by atoms with Crippen LogP contribution in [-0.4, -0.2) is 43.0 Å². The first-order valence-corrected chi connectivity index (χ1v) is 11.8. The second-order valence-corrected chi connectivity index (χ2v) is 8.65. The maximum Gasteiger partial charge on any atom is 0.337 e. The highest BCUT2D eigenvalue weighted by Gasteiger charge is 2.37. The Labute approximate surface area is 231 Å². The second kappa shape index (κ2) is 11.7. The molecular formula is C27H20ClN3O9. The van der Waals surface area contributed by atoms with Crippen LogP contribution in [0, 0.1) is 10.1 Å². The average molecular weight is 566 g/mol. The maximum absolute atomic E-state index is 13.2. The van der Waals surface area contributed by atoms with E-state index in [1.165, 1.54) is 68.8 Å². The number of non-ortho nitro benzene ring substituents is 1. The largest absolute Gasteiger partial charge is 0.493 e. The SMILES string of the molecule is COC(=O)c1ccc(N2C(=O)NC(=O)/C(=C\c3cc(Cl)c(OCc4ccc([N+](=O)[O-])cc4)c(OC)c3)C2=O)cc1. The molecule has 0 bridgehead atoms. The fourth-order valence-corrected chi connectivity index (χ4v) is 4.03. The molecule has 204 valence electrons. The number of benzene rings is 3. The van der Waals surface area contributed by atoms with E-state index in [2.05, 4.69) is 10.1 Å². The number of methoxy groups -OCH3 is 2. The summed E-state index contributed by atoms with van der Waals surface area (Å²) in [5, 5.41) is 13.1. The van der Waals surface area contributed by atoms with Gasteiger partial charge in [0.1, 0.15) is 12.2 Å². The van der Waals surface area contributed by atoms with Crippen LogP contribution in [0.25, 0.3) is 6.08 Å². The number of rotatable bonds is 8. The lowest BCUT2D eigenvalue weighted by Gasteiger charge is -2.26. The van der Waals surface area contributed by atoms with Crippen molar-refractivity contribution in [1.29, 1.82) is 0 Å². The minimum absolute atomic E-state index is 0.0290. The van der Waals surface area contributed by atoms with Gasteiger partial charge in [0.25, 0.3) is 17.5 Å². The van der Waals surface area contributed by atoms with E-state index in [4.69, 9.17) is 21.1 Å². The van der Waals surface area contributed by atoms with E-state index >= 15 is 0 Å². The lowest BCUT2D eigenvalue weighted by Crippen LogP contribution is -2.54. The van der Waals surface area contributed by atoms with Gasteiger partial charge in [-0.05, 0) is 65.7 Å². The topological polar surface area (TPSA) is 154 Å². The lowest BCUT2D eigenvalue weighted by molar-refractivity contribution is -0.384. The van der Waals surface area contributed by atoms with Crippen molar-refractivity contribution in [3.05, 3.63) is 98.1 Å². The molecule has 1 aliphatic rings. The van der Waals surface area contributed by atoms with Crippen LogP contribution in [0.2, 0.25) is 5.02 Å². The van der Waals surface area contributed by atoms with Gasteiger partial charge in [-0.15, -0.1) is 0 Å². The molecule has 3 aromatic rings. The van der Waals surface area contributed by atoms with E-state index in [-0.39, 0.29) is 45.6 Å². The van der Waals surface area contributed by atoms with Gasteiger partial charge in [-0.3, -0.25) is 25.0 Å². The molecule has 0 atom stereocenters. The highest BCUT2D eigenvalue weighted by atomic mass is 35.5. The van der Waals surface area contributed by atoms with Crippen molar-refractivity contribution in [2.75, 3.05) is 19.1 Å². The number of carbonyl (C=O) groups excluding carboxylic acids is 4. The van der Waals surface area contributed by atoms with E-state index in [1.807, 2.05) is 0 Å². The number of amides is 4. The molecule has 4 amide bonds. The predicted molar refractivity (Wildman–Crippen MR) is 142 cm³/mol. The third kappa shape index (κ3) is 5.76. The normalized spacial score (nSPS) is 14.1. The molecule has 0 spiro atoms. The Morgan fingerprint density at radius 2 is 1.73 bits per heavy atom. The number of carbonyl (C=O) groups is 4. The molecule has 12 nitrogen and oxygen atoms in total. The monoisotopic (exact) mass is 565 g/mol. The van der Waals surface area contributed by atoms with Crippen molar-refractivity contribution < 1.29 is 38.3 Å². The number of nitro benzene ring substituents is 1. The van der Waals surface area contributed by atoms with E-state index in [9.17, 15) is 29.3 Å². The fraction of sp³-hybridized carbons (Fsp3) is 0.111. The molecule has 3 aromatic carbocycles. The third-order valence-corrected chi connectivity index (χ3v) is 6.02. The number of imide groups is 2. The van der Waals surface area contributed by atoms with Crippen LogP contribution in [-0.2, 0) is 20.9 Å². The van der Waals surface area contributed by atoms with Gasteiger partial charge in [0.2, 0.25) is 0 Å². The zero-order valence-corrected chi connectivity index (χ0v) is 21.8. The highest BCUT2D eigenvalue weighted by molar-refractivity contribution is 6.39. The van der Waals surface area contributed by atoms with Gasteiger partial charge >= 0.3 is 12.0 Å². The van der Waals surface area contributed by atoms with Gasteiger partial charge in [-0.1, -0.05) is 11.6 Å². The number of hydrogen-bond donors (Lipinski definition) is 1. The van der Waals surface area contributed by atoms with E-state index < -0.39 is 28.7 Å². The molecule has 0 unspecified atom stereocenters. The minimum Gasteiger partial charge on any atom is -0.493 e. The zero-order chi connectivity index (χ0) is 29.0. The molecule has 1 aliphatic heterocycles. The van der Waals surface area contributed by atoms with Crippen molar-refractivity contribution in [1.82, 2.24) is 5.32 Å². The van der Waals surface area contributed by atoms with Crippen LogP contribution in [0.15, 0.2) is 66.2 Å². The quantitative estimate of drug-likeness (QED) is 0.138. The number of hydrogen-bond acceptors (Lipinski definition) is 9. The predicted octanol–water partition coefficient (Wildman–Crippen LogP) is 4.29. The summed E-state index contributed by atoms with van der Waals surface area (Å²) in [6.07, 6.45) is 1.24. The van der Waals surface area contributed by atoms with Crippen molar-refractivity contribution in [3.63, 3.8) is 0 Å². The Balaban J connectivity index is 1.59. The summed E-state index contributed by atoms with van der Waals surface area (Å²) in [6, 6.07) is 13.2. The third-order valence-electron chi connectivity index (χ3n) is 5.74. The summed E-state index contributed by atoms with van der Waals surface area (Å²) in [6.45, 7) is 0.0290. The molecule has 1 heterocycles. The Kier molecular flexibility index (Phi) is 8.10. The number of nitrogens with one attached hydrogen (secondary N) is 1. The molecular weight excluding hydrogens is 546 g/mol. The van der Waals surface area contributed by atoms with Crippen molar-refractivity contribution in [2.45, 2.75) is 6.61 Å². The smallest absolute Gasteiger partial charge is 0.337 e. The lowest BCUT2D eigenvalue weighted by atomic mass is 10.1. The minimum atomic E-state index is -0.955. The second-order valence-electron chi connectivity index (χ2n) is 8.24. The van der Waals surface area contributed by atoms with Gasteiger partial charge < -0.3 is 14.2 Å².